The Morgan fingerprint density at radius 3 is 2.47 bits per heavy atom. The van der Waals surface area contributed by atoms with Gasteiger partial charge in [0.2, 0.25) is 10.0 Å². The summed E-state index contributed by atoms with van der Waals surface area (Å²) in [7, 11) is -4.02. The van der Waals surface area contributed by atoms with E-state index in [9.17, 15) is 13.2 Å². The van der Waals surface area contributed by atoms with E-state index in [0.717, 1.165) is 6.07 Å². The number of carbonyl (C=O) groups is 1. The van der Waals surface area contributed by atoms with Crippen molar-refractivity contribution in [2.75, 3.05) is 0 Å². The van der Waals surface area contributed by atoms with Gasteiger partial charge in [-0.2, -0.15) is 0 Å². The maximum absolute atomic E-state index is 11.6. The minimum Gasteiger partial charge on any atom is -0.459 e. The van der Waals surface area contributed by atoms with Gasteiger partial charge in [-0.3, -0.25) is 0 Å². The Morgan fingerprint density at radius 2 is 2.00 bits per heavy atom. The molecule has 0 bridgehead atoms. The van der Waals surface area contributed by atoms with Crippen LogP contribution in [0.1, 0.15) is 24.2 Å². The van der Waals surface area contributed by atoms with E-state index in [1.807, 2.05) is 0 Å². The van der Waals surface area contributed by atoms with Crippen molar-refractivity contribution in [2.45, 2.75) is 24.8 Å². The quantitative estimate of drug-likeness (QED) is 0.849. The summed E-state index contributed by atoms with van der Waals surface area (Å²) >= 11 is 5.66. The second-order valence-corrected chi connectivity index (χ2v) is 5.61. The molecular weight excluding hydrogens is 266 g/mol. The van der Waals surface area contributed by atoms with Crippen LogP contribution in [0, 0.1) is 0 Å². The number of primary sulfonamides is 1. The molecule has 1 aromatic carbocycles. The first-order valence-electron chi connectivity index (χ1n) is 4.75. The fourth-order valence-electron chi connectivity index (χ4n) is 1.18. The Morgan fingerprint density at radius 1 is 1.41 bits per heavy atom. The van der Waals surface area contributed by atoms with Gasteiger partial charge in [-0.15, -0.1) is 0 Å². The third-order valence-electron chi connectivity index (χ3n) is 1.81. The maximum atomic E-state index is 11.6. The standard InChI is InChI=1S/C10H12ClNO4S/c1-6(2)16-10(13)8-4-3-7(11)5-9(8)17(12,14)15/h3-6H,1-2H3,(H2,12,14,15). The summed E-state index contributed by atoms with van der Waals surface area (Å²) in [5, 5.41) is 5.18. The summed E-state index contributed by atoms with van der Waals surface area (Å²) in [5.74, 6) is -0.749. The van der Waals surface area contributed by atoms with Crippen molar-refractivity contribution in [1.29, 1.82) is 0 Å². The van der Waals surface area contributed by atoms with Crippen molar-refractivity contribution in [3.8, 4) is 0 Å². The fraction of sp³-hybridized carbons (Fsp3) is 0.300. The predicted octanol–water partition coefficient (Wildman–Crippen LogP) is 1.55. The number of esters is 1. The van der Waals surface area contributed by atoms with Crippen molar-refractivity contribution in [2.24, 2.45) is 5.14 Å². The summed E-state index contributed by atoms with van der Waals surface area (Å²) < 4.78 is 27.5. The number of hydrogen-bond acceptors (Lipinski definition) is 4. The molecule has 1 rings (SSSR count). The maximum Gasteiger partial charge on any atom is 0.339 e. The van der Waals surface area contributed by atoms with E-state index in [1.165, 1.54) is 12.1 Å². The molecule has 0 atom stereocenters. The van der Waals surface area contributed by atoms with Gasteiger partial charge in [0.1, 0.15) is 0 Å². The van der Waals surface area contributed by atoms with Crippen LogP contribution in [-0.4, -0.2) is 20.5 Å². The second-order valence-electron chi connectivity index (χ2n) is 3.64. The molecular formula is C10H12ClNO4S. The lowest BCUT2D eigenvalue weighted by molar-refractivity contribution is 0.0373. The molecule has 0 radical (unpaired) electrons. The number of hydrogen-bond donors (Lipinski definition) is 1. The highest BCUT2D eigenvalue weighted by atomic mass is 35.5. The number of halogens is 1. The molecule has 0 aromatic heterocycles. The van der Waals surface area contributed by atoms with E-state index >= 15 is 0 Å². The number of ether oxygens (including phenoxy) is 1. The highest BCUT2D eigenvalue weighted by Gasteiger charge is 2.21. The summed E-state index contributed by atoms with van der Waals surface area (Å²) in [6, 6.07) is 3.79. The lowest BCUT2D eigenvalue weighted by Crippen LogP contribution is -2.19. The third kappa shape index (κ3) is 3.69. The van der Waals surface area contributed by atoms with Gasteiger partial charge in [-0.1, -0.05) is 11.6 Å². The van der Waals surface area contributed by atoms with Crippen molar-refractivity contribution in [1.82, 2.24) is 0 Å². The zero-order valence-electron chi connectivity index (χ0n) is 9.31. The molecule has 0 aliphatic carbocycles. The molecule has 0 saturated carbocycles. The van der Waals surface area contributed by atoms with Gasteiger partial charge in [-0.25, -0.2) is 18.4 Å². The molecule has 0 aliphatic heterocycles. The Hall–Kier alpha value is -1.11. The first-order chi connectivity index (χ1) is 7.71. The van der Waals surface area contributed by atoms with Crippen LogP contribution in [0.3, 0.4) is 0 Å². The Kier molecular flexibility index (Phi) is 4.13. The lowest BCUT2D eigenvalue weighted by Gasteiger charge is -2.10. The molecule has 1 aromatic rings. The zero-order valence-corrected chi connectivity index (χ0v) is 10.9. The van der Waals surface area contributed by atoms with Gasteiger partial charge >= 0.3 is 5.97 Å². The molecule has 7 heteroatoms. The number of benzene rings is 1. The highest BCUT2D eigenvalue weighted by Crippen LogP contribution is 2.21. The topological polar surface area (TPSA) is 86.5 Å². The molecule has 17 heavy (non-hydrogen) atoms. The van der Waals surface area contributed by atoms with Gasteiger partial charge in [-0.05, 0) is 32.0 Å². The molecule has 0 spiro atoms. The fourth-order valence-corrected chi connectivity index (χ4v) is 2.16. The van der Waals surface area contributed by atoms with Crippen LogP contribution in [0.2, 0.25) is 5.02 Å². The third-order valence-corrected chi connectivity index (χ3v) is 3.00. The first kappa shape index (κ1) is 14.0. The van der Waals surface area contributed by atoms with Gasteiger partial charge in [0.15, 0.2) is 0 Å². The Bertz CT molecular complexity index is 539. The smallest absolute Gasteiger partial charge is 0.339 e. The van der Waals surface area contributed by atoms with Crippen LogP contribution in [-0.2, 0) is 14.8 Å². The molecule has 0 saturated heterocycles. The van der Waals surface area contributed by atoms with Crippen LogP contribution in [0.15, 0.2) is 23.1 Å². The number of nitrogens with two attached hydrogens (primary N) is 1. The lowest BCUT2D eigenvalue weighted by atomic mass is 10.2. The Labute approximate surface area is 105 Å². The summed E-state index contributed by atoms with van der Waals surface area (Å²) in [5.41, 5.74) is -0.120. The molecule has 5 nitrogen and oxygen atoms in total. The van der Waals surface area contributed by atoms with Gasteiger partial charge in [0, 0.05) is 5.02 Å². The summed E-state index contributed by atoms with van der Waals surface area (Å²) in [6.07, 6.45) is -0.355. The first-order valence-corrected chi connectivity index (χ1v) is 6.67. The van der Waals surface area contributed by atoms with Crippen molar-refractivity contribution < 1.29 is 17.9 Å². The molecule has 0 unspecified atom stereocenters. The van der Waals surface area contributed by atoms with Crippen molar-refractivity contribution in [3.63, 3.8) is 0 Å². The highest BCUT2D eigenvalue weighted by molar-refractivity contribution is 7.89. The monoisotopic (exact) mass is 277 g/mol. The normalized spacial score (nSPS) is 11.6. The second kappa shape index (κ2) is 5.03. The van der Waals surface area contributed by atoms with E-state index in [0.29, 0.717) is 0 Å². The number of rotatable bonds is 3. The summed E-state index contributed by atoms with van der Waals surface area (Å²) in [6.45, 7) is 3.31. The molecule has 0 heterocycles. The van der Waals surface area contributed by atoms with Crippen molar-refractivity contribution in [3.05, 3.63) is 28.8 Å². The van der Waals surface area contributed by atoms with Crippen LogP contribution >= 0.6 is 11.6 Å². The molecule has 94 valence electrons. The van der Waals surface area contributed by atoms with Crippen LogP contribution in [0.25, 0.3) is 0 Å². The minimum atomic E-state index is -4.02. The summed E-state index contributed by atoms with van der Waals surface area (Å²) in [4.78, 5) is 11.3. The van der Waals surface area contributed by atoms with E-state index in [2.05, 4.69) is 0 Å². The predicted molar refractivity (Wildman–Crippen MR) is 63.4 cm³/mol. The number of carbonyl (C=O) groups excluding carboxylic acids is 1. The average Bonchev–Trinajstić information content (AvgIpc) is 2.14. The Balaban J connectivity index is 3.30. The SMILES string of the molecule is CC(C)OC(=O)c1ccc(Cl)cc1S(N)(=O)=O. The van der Waals surface area contributed by atoms with Gasteiger partial charge < -0.3 is 4.74 Å². The molecule has 0 fully saturated rings. The van der Waals surface area contributed by atoms with Gasteiger partial charge in [0.25, 0.3) is 0 Å². The molecule has 2 N–H and O–H groups in total. The minimum absolute atomic E-state index is 0.120. The number of sulfonamides is 1. The van der Waals surface area contributed by atoms with E-state index in [-0.39, 0.29) is 21.6 Å². The van der Waals surface area contributed by atoms with Gasteiger partial charge in [0.05, 0.1) is 16.6 Å². The molecule has 0 amide bonds. The van der Waals surface area contributed by atoms with E-state index in [1.54, 1.807) is 13.8 Å². The zero-order chi connectivity index (χ0) is 13.2. The van der Waals surface area contributed by atoms with Crippen LogP contribution in [0.4, 0.5) is 0 Å². The van der Waals surface area contributed by atoms with E-state index in [4.69, 9.17) is 21.5 Å². The van der Waals surface area contributed by atoms with E-state index < -0.39 is 16.0 Å². The molecule has 0 aliphatic rings. The van der Waals surface area contributed by atoms with Crippen LogP contribution in [0.5, 0.6) is 0 Å². The van der Waals surface area contributed by atoms with Crippen molar-refractivity contribution >= 4 is 27.6 Å². The van der Waals surface area contributed by atoms with Crippen LogP contribution < -0.4 is 5.14 Å². The average molecular weight is 278 g/mol. The largest absolute Gasteiger partial charge is 0.459 e.